The summed E-state index contributed by atoms with van der Waals surface area (Å²) in [4.78, 5) is 34.4. The zero-order valence-electron chi connectivity index (χ0n) is 12.9. The van der Waals surface area contributed by atoms with Gasteiger partial charge in [0.25, 0.3) is 5.91 Å². The third-order valence-electron chi connectivity index (χ3n) is 4.30. The van der Waals surface area contributed by atoms with Crippen LogP contribution in [0.2, 0.25) is 0 Å². The van der Waals surface area contributed by atoms with Crippen molar-refractivity contribution in [3.05, 3.63) is 47.6 Å². The fourth-order valence-electron chi connectivity index (χ4n) is 3.18. The minimum Gasteiger partial charge on any atom is -0.361 e. The van der Waals surface area contributed by atoms with Crippen LogP contribution in [0.25, 0.3) is 10.9 Å². The average Bonchev–Trinajstić information content (AvgIpc) is 3.33. The summed E-state index contributed by atoms with van der Waals surface area (Å²) in [6, 6.07) is 7.04. The van der Waals surface area contributed by atoms with Crippen molar-refractivity contribution in [2.45, 2.75) is 18.9 Å². The maximum atomic E-state index is 13.0. The van der Waals surface area contributed by atoms with Gasteiger partial charge in [0, 0.05) is 40.8 Å². The van der Waals surface area contributed by atoms with Gasteiger partial charge < -0.3 is 15.2 Å². The summed E-state index contributed by atoms with van der Waals surface area (Å²) in [5.41, 5.74) is 1.55. The summed E-state index contributed by atoms with van der Waals surface area (Å²) in [7, 11) is 0. The van der Waals surface area contributed by atoms with Crippen molar-refractivity contribution in [2.24, 2.45) is 0 Å². The van der Waals surface area contributed by atoms with Crippen molar-refractivity contribution in [3.63, 3.8) is 0 Å². The molecule has 2 aromatic heterocycles. The van der Waals surface area contributed by atoms with Crippen LogP contribution in [0.15, 0.2) is 42.0 Å². The highest BCUT2D eigenvalue weighted by molar-refractivity contribution is 7.13. The number of fused-ring (bicyclic) bond motifs is 1. The third kappa shape index (κ3) is 2.56. The molecule has 0 spiro atoms. The van der Waals surface area contributed by atoms with Crippen molar-refractivity contribution in [2.75, 3.05) is 11.9 Å². The Morgan fingerprint density at radius 3 is 3.08 bits per heavy atom. The van der Waals surface area contributed by atoms with Gasteiger partial charge in [-0.1, -0.05) is 6.07 Å². The lowest BCUT2D eigenvalue weighted by molar-refractivity contribution is -0.119. The number of amides is 2. The predicted molar refractivity (Wildman–Crippen MR) is 93.1 cm³/mol. The van der Waals surface area contributed by atoms with Gasteiger partial charge >= 0.3 is 0 Å². The van der Waals surface area contributed by atoms with E-state index in [1.54, 1.807) is 16.5 Å². The molecule has 1 aliphatic heterocycles. The van der Waals surface area contributed by atoms with Gasteiger partial charge in [-0.3, -0.25) is 9.59 Å². The number of aromatic amines is 1. The molecule has 1 fully saturated rings. The van der Waals surface area contributed by atoms with Gasteiger partial charge in [0.1, 0.15) is 6.04 Å². The highest BCUT2D eigenvalue weighted by Gasteiger charge is 2.35. The van der Waals surface area contributed by atoms with E-state index in [0.717, 1.165) is 17.3 Å². The van der Waals surface area contributed by atoms with E-state index < -0.39 is 6.04 Å². The highest BCUT2D eigenvalue weighted by atomic mass is 32.1. The summed E-state index contributed by atoms with van der Waals surface area (Å²) < 4.78 is 0. The van der Waals surface area contributed by atoms with Crippen molar-refractivity contribution >= 4 is 39.2 Å². The monoisotopic (exact) mass is 340 g/mol. The zero-order valence-corrected chi connectivity index (χ0v) is 13.7. The number of carbonyl (C=O) groups is 2. The van der Waals surface area contributed by atoms with E-state index in [1.807, 2.05) is 30.5 Å². The van der Waals surface area contributed by atoms with Crippen LogP contribution in [0.1, 0.15) is 23.2 Å². The van der Waals surface area contributed by atoms with Crippen molar-refractivity contribution < 1.29 is 9.59 Å². The van der Waals surface area contributed by atoms with Gasteiger partial charge in [-0.2, -0.15) is 0 Å². The number of nitrogens with zero attached hydrogens (tertiary/aromatic N) is 2. The first-order valence-electron chi connectivity index (χ1n) is 7.81. The Morgan fingerprint density at radius 1 is 1.33 bits per heavy atom. The van der Waals surface area contributed by atoms with E-state index in [1.165, 1.54) is 11.3 Å². The zero-order chi connectivity index (χ0) is 16.5. The van der Waals surface area contributed by atoms with Crippen LogP contribution in [0.3, 0.4) is 0 Å². The average molecular weight is 340 g/mol. The molecule has 3 heterocycles. The Labute approximate surface area is 142 Å². The molecule has 24 heavy (non-hydrogen) atoms. The Hall–Kier alpha value is -2.67. The molecule has 0 aliphatic carbocycles. The number of thiazole rings is 1. The summed E-state index contributed by atoms with van der Waals surface area (Å²) in [5, 5.41) is 6.05. The summed E-state index contributed by atoms with van der Waals surface area (Å²) in [6.45, 7) is 0.593. The van der Waals surface area contributed by atoms with E-state index >= 15 is 0 Å². The van der Waals surface area contributed by atoms with E-state index in [-0.39, 0.29) is 11.8 Å². The van der Waals surface area contributed by atoms with Crippen LogP contribution in [0.5, 0.6) is 0 Å². The van der Waals surface area contributed by atoms with E-state index in [9.17, 15) is 9.59 Å². The normalized spacial score (nSPS) is 17.3. The molecule has 2 amide bonds. The van der Waals surface area contributed by atoms with Gasteiger partial charge in [-0.25, -0.2) is 4.98 Å². The minimum absolute atomic E-state index is 0.100. The first kappa shape index (κ1) is 14.9. The molecular weight excluding hydrogens is 324 g/mol. The van der Waals surface area contributed by atoms with Crippen molar-refractivity contribution in [1.29, 1.82) is 0 Å². The maximum Gasteiger partial charge on any atom is 0.255 e. The van der Waals surface area contributed by atoms with Crippen LogP contribution in [-0.4, -0.2) is 39.3 Å². The van der Waals surface area contributed by atoms with Gasteiger partial charge in [0.05, 0.1) is 0 Å². The molecule has 7 heteroatoms. The van der Waals surface area contributed by atoms with Crippen molar-refractivity contribution in [1.82, 2.24) is 14.9 Å². The van der Waals surface area contributed by atoms with E-state index in [0.29, 0.717) is 23.7 Å². The Kier molecular flexibility index (Phi) is 3.78. The fraction of sp³-hybridized carbons (Fsp3) is 0.235. The van der Waals surface area contributed by atoms with E-state index in [2.05, 4.69) is 15.3 Å². The maximum absolute atomic E-state index is 13.0. The Morgan fingerprint density at radius 2 is 2.25 bits per heavy atom. The molecular formula is C17H16N4O2S. The number of likely N-dealkylation sites (tertiary alicyclic amines) is 1. The first-order valence-corrected chi connectivity index (χ1v) is 8.69. The number of carbonyl (C=O) groups excluding carboxylic acids is 2. The highest BCUT2D eigenvalue weighted by Crippen LogP contribution is 2.25. The quantitative estimate of drug-likeness (QED) is 0.769. The minimum atomic E-state index is -0.449. The number of aromatic nitrogens is 2. The number of anilines is 1. The molecule has 3 aromatic rings. The van der Waals surface area contributed by atoms with Gasteiger partial charge in [0.15, 0.2) is 5.13 Å². The smallest absolute Gasteiger partial charge is 0.255 e. The lowest BCUT2D eigenvalue weighted by Gasteiger charge is -2.24. The summed E-state index contributed by atoms with van der Waals surface area (Å²) in [6.07, 6.45) is 4.96. The van der Waals surface area contributed by atoms with Crippen LogP contribution in [-0.2, 0) is 4.79 Å². The van der Waals surface area contributed by atoms with Crippen LogP contribution in [0, 0.1) is 0 Å². The van der Waals surface area contributed by atoms with Gasteiger partial charge in [-0.05, 0) is 31.0 Å². The predicted octanol–water partition coefficient (Wildman–Crippen LogP) is 2.87. The van der Waals surface area contributed by atoms with Crippen LogP contribution in [0.4, 0.5) is 5.13 Å². The molecule has 1 atom stereocenters. The van der Waals surface area contributed by atoms with Crippen molar-refractivity contribution in [3.8, 4) is 0 Å². The summed E-state index contributed by atoms with van der Waals surface area (Å²) >= 11 is 1.37. The van der Waals surface area contributed by atoms with Crippen LogP contribution < -0.4 is 5.32 Å². The molecule has 122 valence electrons. The second kappa shape index (κ2) is 6.09. The molecule has 1 saturated heterocycles. The van der Waals surface area contributed by atoms with Crippen LogP contribution >= 0.6 is 11.3 Å². The Balaban J connectivity index is 1.59. The second-order valence-electron chi connectivity index (χ2n) is 5.73. The van der Waals surface area contributed by atoms with E-state index in [4.69, 9.17) is 0 Å². The number of nitrogens with one attached hydrogen (secondary N) is 2. The molecule has 4 rings (SSSR count). The van der Waals surface area contributed by atoms with Gasteiger partial charge in [0.2, 0.25) is 5.91 Å². The summed E-state index contributed by atoms with van der Waals surface area (Å²) in [5.74, 6) is -0.269. The number of rotatable bonds is 3. The fourth-order valence-corrected chi connectivity index (χ4v) is 3.71. The SMILES string of the molecule is O=C(Nc1nccs1)C1CCCN1C(=O)c1cccc2[nH]ccc12. The number of hydrogen-bond acceptors (Lipinski definition) is 4. The molecule has 1 aromatic carbocycles. The molecule has 0 radical (unpaired) electrons. The number of benzene rings is 1. The molecule has 2 N–H and O–H groups in total. The lowest BCUT2D eigenvalue weighted by atomic mass is 10.1. The molecule has 0 bridgehead atoms. The Bertz CT molecular complexity index is 887. The first-order chi connectivity index (χ1) is 11.7. The third-order valence-corrected chi connectivity index (χ3v) is 4.99. The molecule has 1 unspecified atom stereocenters. The lowest BCUT2D eigenvalue weighted by Crippen LogP contribution is -2.43. The largest absolute Gasteiger partial charge is 0.361 e. The molecule has 6 nitrogen and oxygen atoms in total. The topological polar surface area (TPSA) is 78.1 Å². The van der Waals surface area contributed by atoms with Gasteiger partial charge in [-0.15, -0.1) is 11.3 Å². The second-order valence-corrected chi connectivity index (χ2v) is 6.62. The number of H-pyrrole nitrogens is 1. The molecule has 0 saturated carbocycles. The standard InChI is InChI=1S/C17H16N4O2S/c22-15(20-17-19-8-10-24-17)14-5-2-9-21(14)16(23)12-3-1-4-13-11(12)6-7-18-13/h1,3-4,6-8,10,14,18H,2,5,9H2,(H,19,20,22). The molecule has 1 aliphatic rings. The number of hydrogen-bond donors (Lipinski definition) is 2.